The third-order valence-electron chi connectivity index (χ3n) is 1.52. The molecule has 1 N–H and O–H groups in total. The van der Waals surface area contributed by atoms with Crippen molar-refractivity contribution in [3.05, 3.63) is 18.1 Å². The number of nitrogens with one attached hydrogen (secondary N) is 1. The smallest absolute Gasteiger partial charge is 0.144 e. The van der Waals surface area contributed by atoms with E-state index >= 15 is 0 Å². The lowest BCUT2D eigenvalue weighted by Gasteiger charge is -2.09. The van der Waals surface area contributed by atoms with Crippen molar-refractivity contribution in [2.24, 2.45) is 0 Å². The van der Waals surface area contributed by atoms with Gasteiger partial charge in [0.1, 0.15) is 11.6 Å². The van der Waals surface area contributed by atoms with Crippen LogP contribution in [0.15, 0.2) is 12.3 Å². The van der Waals surface area contributed by atoms with Crippen molar-refractivity contribution < 1.29 is 0 Å². The monoisotopic (exact) mass is 180 g/mol. The lowest BCUT2D eigenvalue weighted by molar-refractivity contribution is 0.390. The Morgan fingerprint density at radius 2 is 2.23 bits per heavy atom. The number of rotatable bonds is 4. The Kier molecular flexibility index (Phi) is 3.64. The van der Waals surface area contributed by atoms with Gasteiger partial charge in [-0.25, -0.2) is 9.97 Å². The molecule has 0 spiro atoms. The lowest BCUT2D eigenvalue weighted by atomic mass is 10.5. The van der Waals surface area contributed by atoms with E-state index in [4.69, 9.17) is 0 Å². The van der Waals surface area contributed by atoms with Crippen molar-refractivity contribution in [2.45, 2.75) is 13.5 Å². The van der Waals surface area contributed by atoms with Gasteiger partial charge < -0.3 is 10.2 Å². The Balaban J connectivity index is 2.67. The zero-order valence-electron chi connectivity index (χ0n) is 8.41. The standard InChI is InChI=1S/C9H16N4/c1-4-10-8-5-6-11-9(12-8)7-13(2)3/h5-6H,4,7H2,1-3H3,(H,10,11,12). The summed E-state index contributed by atoms with van der Waals surface area (Å²) >= 11 is 0. The Labute approximate surface area is 79.0 Å². The van der Waals surface area contributed by atoms with Crippen LogP contribution < -0.4 is 5.32 Å². The second-order valence-corrected chi connectivity index (χ2v) is 3.13. The van der Waals surface area contributed by atoms with Gasteiger partial charge in [0, 0.05) is 12.7 Å². The highest BCUT2D eigenvalue weighted by Gasteiger charge is 1.99. The van der Waals surface area contributed by atoms with Crippen LogP contribution in [0.4, 0.5) is 5.82 Å². The molecule has 4 nitrogen and oxygen atoms in total. The Morgan fingerprint density at radius 1 is 1.46 bits per heavy atom. The molecular weight excluding hydrogens is 164 g/mol. The molecule has 0 aromatic carbocycles. The normalized spacial score (nSPS) is 10.5. The Hall–Kier alpha value is -1.16. The highest BCUT2D eigenvalue weighted by Crippen LogP contribution is 2.02. The minimum Gasteiger partial charge on any atom is -0.370 e. The minimum atomic E-state index is 0.777. The summed E-state index contributed by atoms with van der Waals surface area (Å²) in [6.45, 7) is 3.71. The first-order valence-corrected chi connectivity index (χ1v) is 4.43. The molecule has 72 valence electrons. The Bertz CT molecular complexity index is 260. The van der Waals surface area contributed by atoms with Crippen molar-refractivity contribution in [3.63, 3.8) is 0 Å². The first-order chi connectivity index (χ1) is 6.22. The van der Waals surface area contributed by atoms with Gasteiger partial charge in [0.05, 0.1) is 6.54 Å². The summed E-state index contributed by atoms with van der Waals surface area (Å²) in [7, 11) is 4.01. The van der Waals surface area contributed by atoms with Gasteiger partial charge in [0.2, 0.25) is 0 Å². The molecule has 0 atom stereocenters. The molecule has 0 aliphatic heterocycles. The van der Waals surface area contributed by atoms with E-state index in [0.29, 0.717) is 0 Å². The van der Waals surface area contributed by atoms with Crippen LogP contribution in [0, 0.1) is 0 Å². The van der Waals surface area contributed by atoms with Crippen LogP contribution in [0.25, 0.3) is 0 Å². The van der Waals surface area contributed by atoms with Gasteiger partial charge in [0.15, 0.2) is 0 Å². The molecule has 0 bridgehead atoms. The van der Waals surface area contributed by atoms with E-state index in [1.165, 1.54) is 0 Å². The highest BCUT2D eigenvalue weighted by atomic mass is 15.1. The fourth-order valence-electron chi connectivity index (χ4n) is 1.04. The predicted octanol–water partition coefficient (Wildman–Crippen LogP) is 0.970. The molecule has 0 saturated carbocycles. The van der Waals surface area contributed by atoms with Crippen LogP contribution in [-0.4, -0.2) is 35.5 Å². The largest absolute Gasteiger partial charge is 0.370 e. The predicted molar refractivity (Wildman–Crippen MR) is 53.6 cm³/mol. The average Bonchev–Trinajstić information content (AvgIpc) is 2.04. The number of aromatic nitrogens is 2. The number of nitrogens with zero attached hydrogens (tertiary/aromatic N) is 3. The van der Waals surface area contributed by atoms with Crippen LogP contribution in [-0.2, 0) is 6.54 Å². The van der Waals surface area contributed by atoms with Gasteiger partial charge in [-0.1, -0.05) is 0 Å². The van der Waals surface area contributed by atoms with Crippen LogP contribution in [0.3, 0.4) is 0 Å². The number of hydrogen-bond donors (Lipinski definition) is 1. The zero-order valence-corrected chi connectivity index (χ0v) is 8.41. The molecule has 1 aromatic rings. The van der Waals surface area contributed by atoms with E-state index in [0.717, 1.165) is 24.7 Å². The number of anilines is 1. The van der Waals surface area contributed by atoms with E-state index in [2.05, 4.69) is 15.3 Å². The topological polar surface area (TPSA) is 41.1 Å². The van der Waals surface area contributed by atoms with Crippen LogP contribution in [0.5, 0.6) is 0 Å². The molecule has 0 fully saturated rings. The summed E-state index contributed by atoms with van der Waals surface area (Å²) in [5.74, 6) is 1.75. The van der Waals surface area contributed by atoms with E-state index < -0.39 is 0 Å². The first-order valence-electron chi connectivity index (χ1n) is 4.43. The van der Waals surface area contributed by atoms with E-state index in [-0.39, 0.29) is 0 Å². The van der Waals surface area contributed by atoms with Gasteiger partial charge >= 0.3 is 0 Å². The highest BCUT2D eigenvalue weighted by molar-refractivity contribution is 5.32. The molecule has 0 aliphatic rings. The van der Waals surface area contributed by atoms with Crippen molar-refractivity contribution in [1.29, 1.82) is 0 Å². The third-order valence-corrected chi connectivity index (χ3v) is 1.52. The average molecular weight is 180 g/mol. The maximum Gasteiger partial charge on any atom is 0.144 e. The number of hydrogen-bond acceptors (Lipinski definition) is 4. The third kappa shape index (κ3) is 3.38. The summed E-state index contributed by atoms with van der Waals surface area (Å²) < 4.78 is 0. The molecule has 0 saturated heterocycles. The summed E-state index contributed by atoms with van der Waals surface area (Å²) in [5.41, 5.74) is 0. The van der Waals surface area contributed by atoms with Crippen molar-refractivity contribution >= 4 is 5.82 Å². The summed E-state index contributed by atoms with van der Waals surface area (Å²) in [6.07, 6.45) is 1.78. The van der Waals surface area contributed by atoms with E-state index in [9.17, 15) is 0 Å². The molecule has 0 unspecified atom stereocenters. The molecule has 0 amide bonds. The van der Waals surface area contributed by atoms with Gasteiger partial charge in [0.25, 0.3) is 0 Å². The molecule has 0 aliphatic carbocycles. The molecule has 1 heterocycles. The molecule has 1 rings (SSSR count). The van der Waals surface area contributed by atoms with Gasteiger partial charge in [-0.3, -0.25) is 0 Å². The second kappa shape index (κ2) is 4.77. The van der Waals surface area contributed by atoms with Crippen molar-refractivity contribution in [1.82, 2.24) is 14.9 Å². The fourth-order valence-corrected chi connectivity index (χ4v) is 1.04. The molecule has 13 heavy (non-hydrogen) atoms. The van der Waals surface area contributed by atoms with Gasteiger partial charge in [-0.05, 0) is 27.1 Å². The lowest BCUT2D eigenvalue weighted by Crippen LogP contribution is -2.14. The van der Waals surface area contributed by atoms with E-state index in [1.807, 2.05) is 32.0 Å². The van der Waals surface area contributed by atoms with Gasteiger partial charge in [-0.15, -0.1) is 0 Å². The maximum atomic E-state index is 4.34. The summed E-state index contributed by atoms with van der Waals surface area (Å²) in [5, 5.41) is 3.15. The maximum absolute atomic E-state index is 4.34. The quantitative estimate of drug-likeness (QED) is 0.749. The molecule has 0 radical (unpaired) electrons. The Morgan fingerprint density at radius 3 is 2.85 bits per heavy atom. The summed E-state index contributed by atoms with van der Waals surface area (Å²) in [4.78, 5) is 10.6. The second-order valence-electron chi connectivity index (χ2n) is 3.13. The molecule has 4 heteroatoms. The SMILES string of the molecule is CCNc1ccnc(CN(C)C)n1. The molecule has 1 aromatic heterocycles. The first kappa shape index (κ1) is 9.92. The van der Waals surface area contributed by atoms with E-state index in [1.54, 1.807) is 6.20 Å². The van der Waals surface area contributed by atoms with Crippen molar-refractivity contribution in [3.8, 4) is 0 Å². The summed E-state index contributed by atoms with van der Waals surface area (Å²) in [6, 6.07) is 1.88. The minimum absolute atomic E-state index is 0.777. The van der Waals surface area contributed by atoms with Crippen LogP contribution >= 0.6 is 0 Å². The van der Waals surface area contributed by atoms with Crippen LogP contribution in [0.1, 0.15) is 12.7 Å². The van der Waals surface area contributed by atoms with Gasteiger partial charge in [-0.2, -0.15) is 0 Å². The molecular formula is C9H16N4. The van der Waals surface area contributed by atoms with Crippen molar-refractivity contribution in [2.75, 3.05) is 26.0 Å². The van der Waals surface area contributed by atoms with Crippen LogP contribution in [0.2, 0.25) is 0 Å². The fraction of sp³-hybridized carbons (Fsp3) is 0.556. The zero-order chi connectivity index (χ0) is 9.68.